The van der Waals surface area contributed by atoms with Crippen molar-refractivity contribution in [3.8, 4) is 11.5 Å². The van der Waals surface area contributed by atoms with Gasteiger partial charge in [0, 0.05) is 16.3 Å². The van der Waals surface area contributed by atoms with Gasteiger partial charge in [-0.25, -0.2) is 5.43 Å². The van der Waals surface area contributed by atoms with Crippen LogP contribution in [0.15, 0.2) is 47.6 Å². The number of methoxy groups -OCH3 is 2. The molecular formula is C18H18ClN3O4. The highest BCUT2D eigenvalue weighted by Gasteiger charge is 2.10. The van der Waals surface area contributed by atoms with Gasteiger partial charge in [0.25, 0.3) is 0 Å². The summed E-state index contributed by atoms with van der Waals surface area (Å²) in [6.45, 7) is 0. The van der Waals surface area contributed by atoms with Crippen molar-refractivity contribution in [2.45, 2.75) is 6.42 Å². The number of rotatable bonds is 7. The van der Waals surface area contributed by atoms with Gasteiger partial charge in [-0.3, -0.25) is 9.59 Å². The molecule has 0 saturated heterocycles. The fraction of sp³-hybridized carbons (Fsp3) is 0.167. The van der Waals surface area contributed by atoms with Crippen LogP contribution in [0.2, 0.25) is 5.02 Å². The van der Waals surface area contributed by atoms with E-state index < -0.39 is 11.8 Å². The highest BCUT2D eigenvalue weighted by molar-refractivity contribution is 6.30. The predicted molar refractivity (Wildman–Crippen MR) is 100.0 cm³/mol. The molecule has 2 aromatic carbocycles. The van der Waals surface area contributed by atoms with E-state index in [1.54, 1.807) is 42.5 Å². The van der Waals surface area contributed by atoms with Crippen LogP contribution in [0.1, 0.15) is 12.0 Å². The summed E-state index contributed by atoms with van der Waals surface area (Å²) in [7, 11) is 3.03. The van der Waals surface area contributed by atoms with Gasteiger partial charge in [-0.1, -0.05) is 23.7 Å². The number of nitrogens with one attached hydrogen (secondary N) is 2. The Morgan fingerprint density at radius 3 is 2.58 bits per heavy atom. The number of hydrogen-bond acceptors (Lipinski definition) is 5. The molecule has 0 aromatic heterocycles. The summed E-state index contributed by atoms with van der Waals surface area (Å²) in [5.41, 5.74) is 3.43. The maximum atomic E-state index is 11.8. The zero-order chi connectivity index (χ0) is 18.9. The van der Waals surface area contributed by atoms with Gasteiger partial charge < -0.3 is 14.8 Å². The number of carbonyl (C=O) groups is 2. The minimum Gasteiger partial charge on any atom is -0.493 e. The number of carbonyl (C=O) groups excluding carboxylic acids is 2. The van der Waals surface area contributed by atoms with Crippen LogP contribution < -0.4 is 20.2 Å². The normalized spacial score (nSPS) is 10.4. The Hall–Kier alpha value is -3.06. The van der Waals surface area contributed by atoms with E-state index in [1.165, 1.54) is 20.4 Å². The second kappa shape index (κ2) is 9.43. The number of hydrogen-bond donors (Lipinski definition) is 2. The lowest BCUT2D eigenvalue weighted by molar-refractivity contribution is -0.126. The molecular weight excluding hydrogens is 358 g/mol. The topological polar surface area (TPSA) is 89.0 Å². The smallest absolute Gasteiger partial charge is 0.249 e. The highest BCUT2D eigenvalue weighted by Crippen LogP contribution is 2.29. The highest BCUT2D eigenvalue weighted by atomic mass is 35.5. The number of halogens is 1. The first-order valence-corrected chi connectivity index (χ1v) is 7.99. The Morgan fingerprint density at radius 2 is 1.88 bits per heavy atom. The molecule has 136 valence electrons. The van der Waals surface area contributed by atoms with Gasteiger partial charge in [0.05, 0.1) is 20.4 Å². The van der Waals surface area contributed by atoms with E-state index in [0.717, 1.165) is 0 Å². The lowest BCUT2D eigenvalue weighted by Crippen LogP contribution is -2.24. The first-order valence-electron chi connectivity index (χ1n) is 7.61. The molecule has 0 heterocycles. The van der Waals surface area contributed by atoms with E-state index in [1.807, 2.05) is 0 Å². The van der Waals surface area contributed by atoms with E-state index in [9.17, 15) is 9.59 Å². The molecule has 0 fully saturated rings. The first-order chi connectivity index (χ1) is 12.5. The number of ether oxygens (including phenoxy) is 2. The number of hydrazone groups is 1. The van der Waals surface area contributed by atoms with Crippen LogP contribution in [0.25, 0.3) is 0 Å². The summed E-state index contributed by atoms with van der Waals surface area (Å²) in [5.74, 6) is 0.0111. The number of para-hydroxylation sites is 1. The molecule has 26 heavy (non-hydrogen) atoms. The lowest BCUT2D eigenvalue weighted by atomic mass is 10.2. The van der Waals surface area contributed by atoms with Crippen LogP contribution in [0.5, 0.6) is 11.5 Å². The fourth-order valence-corrected chi connectivity index (χ4v) is 2.33. The van der Waals surface area contributed by atoms with Crippen LogP contribution in [-0.4, -0.2) is 32.2 Å². The van der Waals surface area contributed by atoms with E-state index in [2.05, 4.69) is 15.8 Å². The maximum Gasteiger partial charge on any atom is 0.249 e. The van der Waals surface area contributed by atoms with Crippen LogP contribution in [-0.2, 0) is 9.59 Å². The first kappa shape index (κ1) is 19.3. The number of amides is 2. The number of anilines is 1. The number of benzene rings is 2. The van der Waals surface area contributed by atoms with Crippen molar-refractivity contribution in [1.82, 2.24) is 5.43 Å². The third kappa shape index (κ3) is 5.49. The van der Waals surface area contributed by atoms with E-state index >= 15 is 0 Å². The van der Waals surface area contributed by atoms with Crippen molar-refractivity contribution < 1.29 is 19.1 Å². The standard InChI is InChI=1S/C18H18ClN3O4/c1-25-15-8-3-5-12(18(15)26-2)11-20-22-17(24)10-16(23)21-14-7-4-6-13(19)9-14/h3-9,11H,10H2,1-2H3,(H,21,23)(H,22,24)/b20-11-. The SMILES string of the molecule is COc1cccc(/C=N\NC(=O)CC(=O)Nc2cccc(Cl)c2)c1OC. The molecule has 0 atom stereocenters. The Kier molecular flexibility index (Phi) is 6.99. The third-order valence-corrected chi connectivity index (χ3v) is 3.49. The van der Waals surface area contributed by atoms with Gasteiger partial charge >= 0.3 is 0 Å². The van der Waals surface area contributed by atoms with E-state index in [0.29, 0.717) is 27.8 Å². The average molecular weight is 376 g/mol. The molecule has 7 nitrogen and oxygen atoms in total. The van der Waals surface area contributed by atoms with E-state index in [4.69, 9.17) is 21.1 Å². The van der Waals surface area contributed by atoms with Crippen molar-refractivity contribution in [3.63, 3.8) is 0 Å². The van der Waals surface area contributed by atoms with Gasteiger partial charge in [-0.15, -0.1) is 0 Å². The van der Waals surface area contributed by atoms with Gasteiger partial charge in [-0.2, -0.15) is 5.10 Å². The van der Waals surface area contributed by atoms with Gasteiger partial charge in [-0.05, 0) is 30.3 Å². The van der Waals surface area contributed by atoms with Crippen LogP contribution in [0, 0.1) is 0 Å². The summed E-state index contributed by atoms with van der Waals surface area (Å²) in [4.78, 5) is 23.7. The van der Waals surface area contributed by atoms with Crippen molar-refractivity contribution in [2.75, 3.05) is 19.5 Å². The molecule has 0 spiro atoms. The van der Waals surface area contributed by atoms with E-state index in [-0.39, 0.29) is 6.42 Å². The molecule has 2 N–H and O–H groups in total. The molecule has 2 aromatic rings. The molecule has 0 aliphatic rings. The van der Waals surface area contributed by atoms with Crippen molar-refractivity contribution in [1.29, 1.82) is 0 Å². The summed E-state index contributed by atoms with van der Waals surface area (Å²) in [5, 5.41) is 6.91. The molecule has 0 aliphatic heterocycles. The third-order valence-electron chi connectivity index (χ3n) is 3.26. The fourth-order valence-electron chi connectivity index (χ4n) is 2.14. The second-order valence-corrected chi connectivity index (χ2v) is 5.55. The molecule has 0 saturated carbocycles. The Bertz CT molecular complexity index is 824. The predicted octanol–water partition coefficient (Wildman–Crippen LogP) is 2.84. The summed E-state index contributed by atoms with van der Waals surface area (Å²) in [6, 6.07) is 11.9. The molecule has 2 rings (SSSR count). The molecule has 0 bridgehead atoms. The summed E-state index contributed by atoms with van der Waals surface area (Å²) in [6.07, 6.45) is 1.03. The molecule has 0 radical (unpaired) electrons. The van der Waals surface area contributed by atoms with Crippen molar-refractivity contribution in [2.24, 2.45) is 5.10 Å². The monoisotopic (exact) mass is 375 g/mol. The van der Waals surface area contributed by atoms with Gasteiger partial charge in [0.15, 0.2) is 11.5 Å². The molecule has 0 aliphatic carbocycles. The van der Waals surface area contributed by atoms with Crippen molar-refractivity contribution in [3.05, 3.63) is 53.1 Å². The minimum atomic E-state index is -0.553. The Morgan fingerprint density at radius 1 is 1.12 bits per heavy atom. The van der Waals surface area contributed by atoms with Gasteiger partial charge in [0.1, 0.15) is 6.42 Å². The van der Waals surface area contributed by atoms with Gasteiger partial charge in [0.2, 0.25) is 11.8 Å². The van der Waals surface area contributed by atoms with Crippen LogP contribution in [0.3, 0.4) is 0 Å². The zero-order valence-corrected chi connectivity index (χ0v) is 15.0. The molecule has 2 amide bonds. The minimum absolute atomic E-state index is 0.376. The Balaban J connectivity index is 1.90. The zero-order valence-electron chi connectivity index (χ0n) is 14.3. The van der Waals surface area contributed by atoms with Crippen molar-refractivity contribution >= 4 is 35.3 Å². The second-order valence-electron chi connectivity index (χ2n) is 5.11. The summed E-state index contributed by atoms with van der Waals surface area (Å²) >= 11 is 5.84. The quantitative estimate of drug-likeness (QED) is 0.442. The van der Waals surface area contributed by atoms with Crippen LogP contribution in [0.4, 0.5) is 5.69 Å². The average Bonchev–Trinajstić information content (AvgIpc) is 2.61. The number of nitrogens with zero attached hydrogens (tertiary/aromatic N) is 1. The lowest BCUT2D eigenvalue weighted by Gasteiger charge is -2.09. The Labute approximate surface area is 155 Å². The summed E-state index contributed by atoms with van der Waals surface area (Å²) < 4.78 is 10.4. The largest absolute Gasteiger partial charge is 0.493 e. The molecule has 8 heteroatoms. The molecule has 0 unspecified atom stereocenters. The van der Waals surface area contributed by atoms with Crippen LogP contribution >= 0.6 is 11.6 Å². The maximum absolute atomic E-state index is 11.8.